The van der Waals surface area contributed by atoms with Gasteiger partial charge in [-0.25, -0.2) is 5.43 Å². The predicted molar refractivity (Wildman–Crippen MR) is 99.6 cm³/mol. The van der Waals surface area contributed by atoms with Gasteiger partial charge in [0.1, 0.15) is 5.75 Å². The summed E-state index contributed by atoms with van der Waals surface area (Å²) >= 11 is 11.8. The van der Waals surface area contributed by atoms with E-state index in [9.17, 15) is 4.79 Å². The molecule has 3 rings (SSSR count). The van der Waals surface area contributed by atoms with Crippen molar-refractivity contribution < 1.29 is 9.53 Å². The van der Waals surface area contributed by atoms with Crippen LogP contribution in [0.3, 0.4) is 0 Å². The van der Waals surface area contributed by atoms with Gasteiger partial charge in [0, 0.05) is 29.0 Å². The van der Waals surface area contributed by atoms with Crippen molar-refractivity contribution in [3.05, 3.63) is 52.3 Å². The molecule has 1 fully saturated rings. The van der Waals surface area contributed by atoms with Crippen LogP contribution in [-0.4, -0.2) is 23.3 Å². The van der Waals surface area contributed by atoms with Crippen molar-refractivity contribution in [1.82, 2.24) is 9.99 Å². The Morgan fingerprint density at radius 3 is 2.88 bits per heavy atom. The molecule has 0 spiro atoms. The summed E-state index contributed by atoms with van der Waals surface area (Å²) in [4.78, 5) is 11.8. The fourth-order valence-electron chi connectivity index (χ4n) is 2.88. The number of benzene rings is 1. The second kappa shape index (κ2) is 8.41. The van der Waals surface area contributed by atoms with Gasteiger partial charge in [0.2, 0.25) is 0 Å². The zero-order chi connectivity index (χ0) is 17.6. The Balaban J connectivity index is 1.46. The number of nitrogens with one attached hydrogen (secondary N) is 1. The lowest BCUT2D eigenvalue weighted by atomic mass is 10.2. The maximum Gasteiger partial charge on any atom is 0.277 e. The van der Waals surface area contributed by atoms with Gasteiger partial charge >= 0.3 is 0 Å². The average molecular weight is 380 g/mol. The highest BCUT2D eigenvalue weighted by Gasteiger charge is 2.15. The van der Waals surface area contributed by atoms with E-state index in [-0.39, 0.29) is 12.5 Å². The standard InChI is InChI=1S/C18H19Cl2N3O2/c19-14-5-6-17(16(20)9-14)25-12-18(24)22-21-10-13-7-8-23(11-13)15-3-1-2-4-15/h5-11,15H,1-4,12H2,(H,22,24)/b21-10+. The van der Waals surface area contributed by atoms with Crippen LogP contribution in [0.4, 0.5) is 0 Å². The summed E-state index contributed by atoms with van der Waals surface area (Å²) in [5.41, 5.74) is 3.39. The molecule has 1 N–H and O–H groups in total. The van der Waals surface area contributed by atoms with E-state index in [1.54, 1.807) is 24.4 Å². The number of ether oxygens (including phenoxy) is 1. The molecule has 1 aromatic carbocycles. The molecule has 1 aromatic heterocycles. The highest BCUT2D eigenvalue weighted by molar-refractivity contribution is 6.35. The normalized spacial score (nSPS) is 15.0. The fraction of sp³-hybridized carbons (Fsp3) is 0.333. The molecule has 0 atom stereocenters. The fourth-order valence-corrected chi connectivity index (χ4v) is 3.35. The molecule has 1 aliphatic rings. The Hall–Kier alpha value is -1.98. The lowest BCUT2D eigenvalue weighted by Crippen LogP contribution is -2.24. The predicted octanol–water partition coefficient (Wildman–Crippen LogP) is 4.44. The second-order valence-electron chi connectivity index (χ2n) is 5.99. The summed E-state index contributed by atoms with van der Waals surface area (Å²) in [7, 11) is 0. The highest BCUT2D eigenvalue weighted by Crippen LogP contribution is 2.29. The van der Waals surface area contributed by atoms with Crippen LogP contribution in [0, 0.1) is 0 Å². The van der Waals surface area contributed by atoms with Crippen molar-refractivity contribution in [2.75, 3.05) is 6.61 Å². The first kappa shape index (κ1) is 17.8. The lowest BCUT2D eigenvalue weighted by molar-refractivity contribution is -0.123. The van der Waals surface area contributed by atoms with Gasteiger partial charge in [0.05, 0.1) is 11.2 Å². The number of rotatable bonds is 6. The van der Waals surface area contributed by atoms with Crippen LogP contribution in [0.5, 0.6) is 5.75 Å². The highest BCUT2D eigenvalue weighted by atomic mass is 35.5. The smallest absolute Gasteiger partial charge is 0.277 e. The van der Waals surface area contributed by atoms with E-state index in [1.165, 1.54) is 25.7 Å². The molecule has 25 heavy (non-hydrogen) atoms. The van der Waals surface area contributed by atoms with Gasteiger partial charge in [-0.15, -0.1) is 0 Å². The first-order valence-corrected chi connectivity index (χ1v) is 8.94. The van der Waals surface area contributed by atoms with E-state index in [1.807, 2.05) is 6.07 Å². The summed E-state index contributed by atoms with van der Waals surface area (Å²) < 4.78 is 7.57. The third kappa shape index (κ3) is 5.00. The molecule has 1 saturated carbocycles. The largest absolute Gasteiger partial charge is 0.482 e. The molecule has 5 nitrogen and oxygen atoms in total. The van der Waals surface area contributed by atoms with Gasteiger partial charge < -0.3 is 9.30 Å². The van der Waals surface area contributed by atoms with E-state index in [2.05, 4.69) is 27.5 Å². The summed E-state index contributed by atoms with van der Waals surface area (Å²) in [5.74, 6) is 0.0383. The Morgan fingerprint density at radius 2 is 2.12 bits per heavy atom. The number of nitrogens with zero attached hydrogens (tertiary/aromatic N) is 2. The summed E-state index contributed by atoms with van der Waals surface area (Å²) in [5, 5.41) is 4.83. The van der Waals surface area contributed by atoms with E-state index < -0.39 is 0 Å². The van der Waals surface area contributed by atoms with Crippen LogP contribution in [0.25, 0.3) is 0 Å². The molecule has 2 aromatic rings. The SMILES string of the molecule is O=C(COc1ccc(Cl)cc1Cl)N/N=C/c1ccn(C2CCCC2)c1. The summed E-state index contributed by atoms with van der Waals surface area (Å²) in [6.07, 6.45) is 10.8. The molecule has 0 saturated heterocycles. The number of carbonyl (C=O) groups is 1. The van der Waals surface area contributed by atoms with Crippen LogP contribution in [-0.2, 0) is 4.79 Å². The van der Waals surface area contributed by atoms with Gasteiger partial charge in [-0.05, 0) is 37.1 Å². The van der Waals surface area contributed by atoms with E-state index >= 15 is 0 Å². The van der Waals surface area contributed by atoms with Gasteiger partial charge in [-0.2, -0.15) is 5.10 Å². The number of carbonyl (C=O) groups excluding carboxylic acids is 1. The zero-order valence-electron chi connectivity index (χ0n) is 13.6. The molecule has 1 heterocycles. The maximum atomic E-state index is 11.8. The molecule has 132 valence electrons. The number of halogens is 2. The molecule has 0 radical (unpaired) electrons. The maximum absolute atomic E-state index is 11.8. The topological polar surface area (TPSA) is 55.6 Å². The van der Waals surface area contributed by atoms with E-state index in [4.69, 9.17) is 27.9 Å². The molecule has 1 amide bonds. The number of hydrogen-bond donors (Lipinski definition) is 1. The minimum atomic E-state index is -0.363. The molecule has 7 heteroatoms. The van der Waals surface area contributed by atoms with E-state index in [0.29, 0.717) is 21.8 Å². The Labute approximate surface area is 156 Å². The third-order valence-electron chi connectivity index (χ3n) is 4.14. The number of hydrogen-bond acceptors (Lipinski definition) is 3. The molecular weight excluding hydrogens is 361 g/mol. The van der Waals surface area contributed by atoms with Crippen LogP contribution >= 0.6 is 23.2 Å². The van der Waals surface area contributed by atoms with Gasteiger partial charge in [-0.3, -0.25) is 4.79 Å². The first-order valence-electron chi connectivity index (χ1n) is 8.19. The molecule has 0 aliphatic heterocycles. The van der Waals surface area contributed by atoms with Crippen molar-refractivity contribution in [2.45, 2.75) is 31.7 Å². The van der Waals surface area contributed by atoms with Crippen molar-refractivity contribution in [1.29, 1.82) is 0 Å². The molecule has 0 bridgehead atoms. The van der Waals surface area contributed by atoms with Crippen LogP contribution in [0.15, 0.2) is 41.8 Å². The second-order valence-corrected chi connectivity index (χ2v) is 6.83. The first-order chi connectivity index (χ1) is 12.1. The van der Waals surface area contributed by atoms with E-state index in [0.717, 1.165) is 5.56 Å². The van der Waals surface area contributed by atoms with Crippen molar-refractivity contribution >= 4 is 35.3 Å². The summed E-state index contributed by atoms with van der Waals surface area (Å²) in [6, 6.07) is 7.40. The third-order valence-corrected chi connectivity index (χ3v) is 4.67. The van der Waals surface area contributed by atoms with Gasteiger partial charge in [0.25, 0.3) is 5.91 Å². The average Bonchev–Trinajstić information content (AvgIpc) is 3.25. The van der Waals surface area contributed by atoms with Crippen LogP contribution in [0.1, 0.15) is 37.3 Å². The van der Waals surface area contributed by atoms with Crippen molar-refractivity contribution in [3.63, 3.8) is 0 Å². The number of amides is 1. The van der Waals surface area contributed by atoms with Gasteiger partial charge in [0.15, 0.2) is 6.61 Å². The number of hydrazone groups is 1. The van der Waals surface area contributed by atoms with Crippen LogP contribution in [0.2, 0.25) is 10.0 Å². The van der Waals surface area contributed by atoms with Gasteiger partial charge in [-0.1, -0.05) is 36.0 Å². The Morgan fingerprint density at radius 1 is 1.32 bits per heavy atom. The van der Waals surface area contributed by atoms with Crippen LogP contribution < -0.4 is 10.2 Å². The monoisotopic (exact) mass is 379 g/mol. The lowest BCUT2D eigenvalue weighted by Gasteiger charge is -2.10. The number of aromatic nitrogens is 1. The molecule has 1 aliphatic carbocycles. The Bertz CT molecular complexity index is 767. The minimum absolute atomic E-state index is 0.179. The zero-order valence-corrected chi connectivity index (χ0v) is 15.1. The summed E-state index contributed by atoms with van der Waals surface area (Å²) in [6.45, 7) is -0.179. The Kier molecular flexibility index (Phi) is 6.00. The molecule has 0 unspecified atom stereocenters. The minimum Gasteiger partial charge on any atom is -0.482 e. The molecular formula is C18H19Cl2N3O2. The quantitative estimate of drug-likeness (QED) is 0.595. The van der Waals surface area contributed by atoms with Crippen molar-refractivity contribution in [3.8, 4) is 5.75 Å². The van der Waals surface area contributed by atoms with Crippen molar-refractivity contribution in [2.24, 2.45) is 5.10 Å².